The molecule has 0 aliphatic rings. The summed E-state index contributed by atoms with van der Waals surface area (Å²) >= 11 is 1.62. The Labute approximate surface area is 73.9 Å². The zero-order valence-electron chi connectivity index (χ0n) is 6.56. The molecular weight excluding hydrogens is 172 g/mol. The van der Waals surface area contributed by atoms with Crippen LogP contribution in [0.25, 0.3) is 11.4 Å². The summed E-state index contributed by atoms with van der Waals surface area (Å²) in [7, 11) is 1.86. The molecule has 0 amide bonds. The van der Waals surface area contributed by atoms with E-state index in [1.54, 1.807) is 22.1 Å². The normalized spacial score (nSPS) is 10.4. The van der Waals surface area contributed by atoms with E-state index < -0.39 is 0 Å². The highest BCUT2D eigenvalue weighted by Gasteiger charge is 2.05. The van der Waals surface area contributed by atoms with Gasteiger partial charge in [0.15, 0.2) is 0 Å². The van der Waals surface area contributed by atoms with Crippen LogP contribution in [0, 0.1) is 0 Å². The molecule has 0 saturated carbocycles. The van der Waals surface area contributed by atoms with Crippen molar-refractivity contribution >= 4 is 11.3 Å². The first kappa shape index (κ1) is 7.36. The topological polar surface area (TPSA) is 38.0 Å². The van der Waals surface area contributed by atoms with Crippen LogP contribution in [0.2, 0.25) is 0 Å². The Morgan fingerprint density at radius 1 is 1.58 bits per heavy atom. The number of hydrogen-bond acceptors (Lipinski definition) is 3. The van der Waals surface area contributed by atoms with Crippen LogP contribution in [-0.4, -0.2) is 14.7 Å². The largest absolute Gasteiger partial charge is 0.492 e. The predicted molar refractivity (Wildman–Crippen MR) is 48.2 cm³/mol. The Morgan fingerprint density at radius 3 is 2.92 bits per heavy atom. The van der Waals surface area contributed by atoms with Gasteiger partial charge in [0.05, 0.1) is 6.20 Å². The maximum Gasteiger partial charge on any atom is 0.229 e. The summed E-state index contributed by atoms with van der Waals surface area (Å²) in [4.78, 5) is 3.98. The third-order valence-electron chi connectivity index (χ3n) is 1.64. The SMILES string of the molecule is Cn1cc(O)nc1-c1ccsc1. The lowest BCUT2D eigenvalue weighted by Crippen LogP contribution is -1.88. The molecule has 0 aliphatic heterocycles. The second-order valence-electron chi connectivity index (χ2n) is 2.55. The highest BCUT2D eigenvalue weighted by molar-refractivity contribution is 7.08. The first-order valence-electron chi connectivity index (χ1n) is 3.52. The molecule has 12 heavy (non-hydrogen) atoms. The van der Waals surface area contributed by atoms with Gasteiger partial charge in [0.2, 0.25) is 5.88 Å². The van der Waals surface area contributed by atoms with Gasteiger partial charge in [-0.15, -0.1) is 0 Å². The fraction of sp³-hybridized carbons (Fsp3) is 0.125. The van der Waals surface area contributed by atoms with Crippen molar-refractivity contribution in [3.63, 3.8) is 0 Å². The van der Waals surface area contributed by atoms with Crippen LogP contribution >= 0.6 is 11.3 Å². The molecule has 0 bridgehead atoms. The first-order valence-corrected chi connectivity index (χ1v) is 4.46. The van der Waals surface area contributed by atoms with Gasteiger partial charge in [-0.2, -0.15) is 16.3 Å². The number of aromatic nitrogens is 2. The average Bonchev–Trinajstić information content (AvgIpc) is 2.58. The van der Waals surface area contributed by atoms with E-state index in [-0.39, 0.29) is 5.88 Å². The number of imidazole rings is 1. The Morgan fingerprint density at radius 2 is 2.42 bits per heavy atom. The third kappa shape index (κ3) is 1.10. The molecule has 2 aromatic heterocycles. The van der Waals surface area contributed by atoms with Crippen molar-refractivity contribution in [2.75, 3.05) is 0 Å². The molecule has 0 fully saturated rings. The van der Waals surface area contributed by atoms with Gasteiger partial charge in [0.1, 0.15) is 5.82 Å². The van der Waals surface area contributed by atoms with Crippen LogP contribution in [0.5, 0.6) is 5.88 Å². The van der Waals surface area contributed by atoms with Gasteiger partial charge in [-0.25, -0.2) is 0 Å². The Kier molecular flexibility index (Phi) is 1.62. The lowest BCUT2D eigenvalue weighted by molar-refractivity contribution is 0.456. The molecule has 2 aromatic rings. The first-order chi connectivity index (χ1) is 5.77. The number of aryl methyl sites for hydroxylation is 1. The van der Waals surface area contributed by atoms with Gasteiger partial charge >= 0.3 is 0 Å². The summed E-state index contributed by atoms with van der Waals surface area (Å²) in [6.45, 7) is 0. The minimum Gasteiger partial charge on any atom is -0.492 e. The molecule has 0 aliphatic carbocycles. The highest BCUT2D eigenvalue weighted by atomic mass is 32.1. The number of aromatic hydroxyl groups is 1. The van der Waals surface area contributed by atoms with Crippen molar-refractivity contribution < 1.29 is 5.11 Å². The number of thiophene rings is 1. The van der Waals surface area contributed by atoms with E-state index in [1.807, 2.05) is 23.9 Å². The molecule has 62 valence electrons. The second-order valence-corrected chi connectivity index (χ2v) is 3.33. The van der Waals surface area contributed by atoms with E-state index in [0.29, 0.717) is 0 Å². The summed E-state index contributed by atoms with van der Waals surface area (Å²) in [5, 5.41) is 13.1. The summed E-state index contributed by atoms with van der Waals surface area (Å²) in [5.74, 6) is 0.868. The monoisotopic (exact) mass is 180 g/mol. The number of hydrogen-bond donors (Lipinski definition) is 1. The summed E-state index contributed by atoms with van der Waals surface area (Å²) in [6, 6.07) is 1.98. The second kappa shape index (κ2) is 2.64. The smallest absolute Gasteiger partial charge is 0.229 e. The van der Waals surface area contributed by atoms with Crippen molar-refractivity contribution in [2.45, 2.75) is 0 Å². The minimum atomic E-state index is 0.0682. The molecule has 0 spiro atoms. The summed E-state index contributed by atoms with van der Waals surface area (Å²) in [6.07, 6.45) is 1.59. The van der Waals surface area contributed by atoms with Crippen molar-refractivity contribution in [1.29, 1.82) is 0 Å². The lowest BCUT2D eigenvalue weighted by atomic mass is 10.3. The van der Waals surface area contributed by atoms with Gasteiger partial charge in [0, 0.05) is 18.0 Å². The van der Waals surface area contributed by atoms with Crippen LogP contribution in [-0.2, 0) is 7.05 Å². The molecule has 2 rings (SSSR count). The summed E-state index contributed by atoms with van der Waals surface area (Å²) < 4.78 is 1.80. The van der Waals surface area contributed by atoms with Crippen LogP contribution in [0.15, 0.2) is 23.0 Å². The zero-order valence-corrected chi connectivity index (χ0v) is 7.38. The number of rotatable bonds is 1. The Bertz CT molecular complexity index is 378. The van der Waals surface area contributed by atoms with E-state index in [4.69, 9.17) is 5.11 Å². The number of nitrogens with zero attached hydrogens (tertiary/aromatic N) is 2. The molecule has 1 N–H and O–H groups in total. The molecule has 0 atom stereocenters. The highest BCUT2D eigenvalue weighted by Crippen LogP contribution is 2.22. The van der Waals surface area contributed by atoms with Crippen molar-refractivity contribution in [2.24, 2.45) is 7.05 Å². The van der Waals surface area contributed by atoms with Crippen LogP contribution in [0.1, 0.15) is 0 Å². The average molecular weight is 180 g/mol. The van der Waals surface area contributed by atoms with Gasteiger partial charge in [-0.1, -0.05) is 0 Å². The lowest BCUT2D eigenvalue weighted by Gasteiger charge is -1.95. The van der Waals surface area contributed by atoms with Crippen molar-refractivity contribution in [1.82, 2.24) is 9.55 Å². The van der Waals surface area contributed by atoms with Crippen LogP contribution in [0.3, 0.4) is 0 Å². The molecule has 2 heterocycles. The quantitative estimate of drug-likeness (QED) is 0.727. The molecule has 0 unspecified atom stereocenters. The predicted octanol–water partition coefficient (Wildman–Crippen LogP) is 1.85. The standard InChI is InChI=1S/C8H8N2OS/c1-10-4-7(11)9-8(10)6-2-3-12-5-6/h2-5,11H,1H3. The Balaban J connectivity index is 2.54. The molecule has 0 saturated heterocycles. The summed E-state index contributed by atoms with van der Waals surface area (Å²) in [5.41, 5.74) is 1.04. The maximum atomic E-state index is 9.10. The fourth-order valence-electron chi connectivity index (χ4n) is 1.11. The fourth-order valence-corrected chi connectivity index (χ4v) is 1.74. The van der Waals surface area contributed by atoms with E-state index in [9.17, 15) is 0 Å². The van der Waals surface area contributed by atoms with Gasteiger partial charge in [0.25, 0.3) is 0 Å². The van der Waals surface area contributed by atoms with E-state index in [1.165, 1.54) is 0 Å². The zero-order chi connectivity index (χ0) is 8.55. The minimum absolute atomic E-state index is 0.0682. The van der Waals surface area contributed by atoms with Crippen molar-refractivity contribution in [3.05, 3.63) is 23.0 Å². The van der Waals surface area contributed by atoms with Crippen LogP contribution < -0.4 is 0 Å². The van der Waals surface area contributed by atoms with Gasteiger partial charge in [-0.05, 0) is 11.4 Å². The maximum absolute atomic E-state index is 9.10. The molecule has 3 nitrogen and oxygen atoms in total. The van der Waals surface area contributed by atoms with Crippen LogP contribution in [0.4, 0.5) is 0 Å². The molecule has 4 heteroatoms. The Hall–Kier alpha value is -1.29. The van der Waals surface area contributed by atoms with Crippen molar-refractivity contribution in [3.8, 4) is 17.3 Å². The van der Waals surface area contributed by atoms with Gasteiger partial charge < -0.3 is 9.67 Å². The molecular formula is C8H8N2OS. The van der Waals surface area contributed by atoms with E-state index in [2.05, 4.69) is 4.98 Å². The third-order valence-corrected chi connectivity index (χ3v) is 2.33. The van der Waals surface area contributed by atoms with E-state index >= 15 is 0 Å². The van der Waals surface area contributed by atoms with Gasteiger partial charge in [-0.3, -0.25) is 0 Å². The van der Waals surface area contributed by atoms with E-state index in [0.717, 1.165) is 11.4 Å². The molecule has 0 aromatic carbocycles. The molecule has 0 radical (unpaired) electrons.